The molecular formula is C19H19N5O4S. The van der Waals surface area contributed by atoms with Gasteiger partial charge in [0.15, 0.2) is 5.69 Å². The Bertz CT molecular complexity index is 1140. The van der Waals surface area contributed by atoms with Crippen molar-refractivity contribution in [3.05, 3.63) is 66.4 Å². The number of nitrogens with one attached hydrogen (secondary N) is 1. The van der Waals surface area contributed by atoms with Crippen molar-refractivity contribution in [2.45, 2.75) is 11.4 Å². The lowest BCUT2D eigenvalue weighted by Gasteiger charge is -2.19. The van der Waals surface area contributed by atoms with Crippen LogP contribution in [0.1, 0.15) is 16.2 Å². The third kappa shape index (κ3) is 3.53. The molecule has 0 unspecified atom stereocenters. The molecule has 0 aliphatic carbocycles. The van der Waals surface area contributed by atoms with Gasteiger partial charge in [-0.3, -0.25) is 9.36 Å². The lowest BCUT2D eigenvalue weighted by atomic mass is 10.2. The number of para-hydroxylation sites is 1. The second kappa shape index (κ2) is 7.74. The fourth-order valence-electron chi connectivity index (χ4n) is 3.19. The summed E-state index contributed by atoms with van der Waals surface area (Å²) >= 11 is 0. The second-order valence-electron chi connectivity index (χ2n) is 6.38. The van der Waals surface area contributed by atoms with Crippen LogP contribution in [-0.2, 0) is 21.3 Å². The Labute approximate surface area is 168 Å². The van der Waals surface area contributed by atoms with Crippen LogP contribution in [0.5, 0.6) is 0 Å². The third-order valence-corrected chi connectivity index (χ3v) is 6.49. The number of imidazole rings is 1. The van der Waals surface area contributed by atoms with E-state index in [0.29, 0.717) is 17.2 Å². The minimum absolute atomic E-state index is 0.00859. The number of hydrogen-bond acceptors (Lipinski definition) is 6. The average molecular weight is 413 g/mol. The highest BCUT2D eigenvalue weighted by Gasteiger charge is 2.34. The SMILES string of the molecule is COCCN1Cc2c(C(=O)Nc3ccccn3)ncn2-c2ccccc2S1(=O)=O. The van der Waals surface area contributed by atoms with E-state index in [1.165, 1.54) is 17.7 Å². The Kier molecular flexibility index (Phi) is 5.14. The van der Waals surface area contributed by atoms with Crippen LogP contribution in [0, 0.1) is 0 Å². The molecule has 0 radical (unpaired) electrons. The maximum Gasteiger partial charge on any atom is 0.277 e. The molecule has 9 nitrogen and oxygen atoms in total. The molecule has 3 heterocycles. The predicted molar refractivity (Wildman–Crippen MR) is 105 cm³/mol. The Hall–Kier alpha value is -3.08. The maximum absolute atomic E-state index is 13.2. The van der Waals surface area contributed by atoms with Crippen LogP contribution in [0.4, 0.5) is 5.82 Å². The largest absolute Gasteiger partial charge is 0.383 e. The van der Waals surface area contributed by atoms with Gasteiger partial charge in [-0.2, -0.15) is 4.31 Å². The molecular weight excluding hydrogens is 394 g/mol. The first-order valence-electron chi connectivity index (χ1n) is 8.89. The van der Waals surface area contributed by atoms with Crippen molar-refractivity contribution < 1.29 is 17.9 Å². The summed E-state index contributed by atoms with van der Waals surface area (Å²) in [6.45, 7) is 0.371. The van der Waals surface area contributed by atoms with Gasteiger partial charge in [-0.1, -0.05) is 18.2 Å². The molecule has 2 aromatic heterocycles. The van der Waals surface area contributed by atoms with Crippen molar-refractivity contribution in [1.82, 2.24) is 18.8 Å². The van der Waals surface area contributed by atoms with Gasteiger partial charge in [-0.25, -0.2) is 18.4 Å². The number of amides is 1. The van der Waals surface area contributed by atoms with Gasteiger partial charge in [0.1, 0.15) is 17.0 Å². The fourth-order valence-corrected chi connectivity index (χ4v) is 4.76. The van der Waals surface area contributed by atoms with Crippen LogP contribution in [0.25, 0.3) is 5.69 Å². The summed E-state index contributed by atoms with van der Waals surface area (Å²) in [6, 6.07) is 11.8. The number of aromatic nitrogens is 3. The number of rotatable bonds is 5. The zero-order valence-corrected chi connectivity index (χ0v) is 16.5. The number of anilines is 1. The minimum Gasteiger partial charge on any atom is -0.383 e. The van der Waals surface area contributed by atoms with Crippen LogP contribution in [0.15, 0.2) is 59.9 Å². The lowest BCUT2D eigenvalue weighted by molar-refractivity contribution is 0.102. The van der Waals surface area contributed by atoms with Gasteiger partial charge in [-0.05, 0) is 24.3 Å². The number of nitrogens with zero attached hydrogens (tertiary/aromatic N) is 4. The molecule has 1 N–H and O–H groups in total. The highest BCUT2D eigenvalue weighted by molar-refractivity contribution is 7.89. The van der Waals surface area contributed by atoms with Crippen LogP contribution in [0.2, 0.25) is 0 Å². The fraction of sp³-hybridized carbons (Fsp3) is 0.211. The van der Waals surface area contributed by atoms with Crippen molar-refractivity contribution in [2.24, 2.45) is 0 Å². The summed E-state index contributed by atoms with van der Waals surface area (Å²) in [4.78, 5) is 21.3. The van der Waals surface area contributed by atoms with Crippen LogP contribution in [0.3, 0.4) is 0 Å². The summed E-state index contributed by atoms with van der Waals surface area (Å²) in [5.41, 5.74) is 1.07. The van der Waals surface area contributed by atoms with Gasteiger partial charge in [0.25, 0.3) is 5.91 Å². The average Bonchev–Trinajstić information content (AvgIpc) is 3.11. The molecule has 0 bridgehead atoms. The second-order valence-corrected chi connectivity index (χ2v) is 8.28. The zero-order valence-electron chi connectivity index (χ0n) is 15.6. The standard InChI is InChI=1S/C19H19N5O4S/c1-28-11-10-23-12-15-18(19(25)22-17-8-4-5-9-20-17)21-13-24(15)14-6-2-3-7-16(14)29(23,26)27/h2-9,13H,10-12H2,1H3,(H,20,22,25). The first-order chi connectivity index (χ1) is 14.0. The number of pyridine rings is 1. The first kappa shape index (κ1) is 19.2. The predicted octanol–water partition coefficient (Wildman–Crippen LogP) is 1.67. The summed E-state index contributed by atoms with van der Waals surface area (Å²) in [6.07, 6.45) is 3.04. The van der Waals surface area contributed by atoms with E-state index >= 15 is 0 Å². The molecule has 0 saturated heterocycles. The Morgan fingerprint density at radius 3 is 2.72 bits per heavy atom. The molecule has 150 valence electrons. The van der Waals surface area contributed by atoms with E-state index in [-0.39, 0.29) is 30.3 Å². The zero-order chi connectivity index (χ0) is 20.4. The Balaban J connectivity index is 1.80. The highest BCUT2D eigenvalue weighted by Crippen LogP contribution is 2.31. The van der Waals surface area contributed by atoms with Crippen molar-refractivity contribution in [2.75, 3.05) is 25.6 Å². The molecule has 0 spiro atoms. The molecule has 1 aliphatic heterocycles. The van der Waals surface area contributed by atoms with E-state index in [0.717, 1.165) is 0 Å². The molecule has 4 rings (SSSR count). The van der Waals surface area contributed by atoms with E-state index in [4.69, 9.17) is 4.74 Å². The Morgan fingerprint density at radius 1 is 1.17 bits per heavy atom. The molecule has 10 heteroatoms. The van der Waals surface area contributed by atoms with Gasteiger partial charge in [0.2, 0.25) is 10.0 Å². The molecule has 1 aromatic carbocycles. The van der Waals surface area contributed by atoms with E-state index < -0.39 is 15.9 Å². The van der Waals surface area contributed by atoms with Gasteiger partial charge >= 0.3 is 0 Å². The van der Waals surface area contributed by atoms with Gasteiger partial charge < -0.3 is 10.1 Å². The van der Waals surface area contributed by atoms with Gasteiger partial charge in [0, 0.05) is 19.9 Å². The number of carbonyl (C=O) groups excluding carboxylic acids is 1. The molecule has 1 aliphatic rings. The minimum atomic E-state index is -3.77. The van der Waals surface area contributed by atoms with Gasteiger partial charge in [0.05, 0.1) is 24.5 Å². The molecule has 29 heavy (non-hydrogen) atoms. The third-order valence-electron chi connectivity index (χ3n) is 4.60. The van der Waals surface area contributed by atoms with E-state index in [1.807, 2.05) is 0 Å². The number of methoxy groups -OCH3 is 1. The van der Waals surface area contributed by atoms with Crippen molar-refractivity contribution in [1.29, 1.82) is 0 Å². The highest BCUT2D eigenvalue weighted by atomic mass is 32.2. The molecule has 1 amide bonds. The number of fused-ring (bicyclic) bond motifs is 3. The summed E-state index contributed by atoms with van der Waals surface area (Å²) in [7, 11) is -2.26. The van der Waals surface area contributed by atoms with Crippen molar-refractivity contribution in [3.8, 4) is 5.69 Å². The smallest absolute Gasteiger partial charge is 0.277 e. The van der Waals surface area contributed by atoms with Gasteiger partial charge in [-0.15, -0.1) is 0 Å². The topological polar surface area (TPSA) is 106 Å². The maximum atomic E-state index is 13.2. The van der Waals surface area contributed by atoms with Crippen LogP contribution >= 0.6 is 0 Å². The number of ether oxygens (including phenoxy) is 1. The molecule has 3 aromatic rings. The number of benzene rings is 1. The van der Waals surface area contributed by atoms with E-state index in [9.17, 15) is 13.2 Å². The van der Waals surface area contributed by atoms with E-state index in [2.05, 4.69) is 15.3 Å². The summed E-state index contributed by atoms with van der Waals surface area (Å²) in [5.74, 6) is -0.0712. The first-order valence-corrected chi connectivity index (χ1v) is 10.3. The lowest BCUT2D eigenvalue weighted by Crippen LogP contribution is -2.33. The monoisotopic (exact) mass is 413 g/mol. The molecule has 0 atom stereocenters. The number of sulfonamides is 1. The van der Waals surface area contributed by atoms with Crippen molar-refractivity contribution >= 4 is 21.7 Å². The summed E-state index contributed by atoms with van der Waals surface area (Å²) < 4.78 is 34.4. The normalized spacial score (nSPS) is 15.2. The van der Waals surface area contributed by atoms with Crippen molar-refractivity contribution in [3.63, 3.8) is 0 Å². The summed E-state index contributed by atoms with van der Waals surface area (Å²) in [5, 5.41) is 2.70. The van der Waals surface area contributed by atoms with Crippen LogP contribution in [-0.4, -0.2) is 53.4 Å². The van der Waals surface area contributed by atoms with Crippen LogP contribution < -0.4 is 5.32 Å². The molecule has 0 fully saturated rings. The van der Waals surface area contributed by atoms with E-state index in [1.54, 1.807) is 53.2 Å². The quantitative estimate of drug-likeness (QED) is 0.682. The molecule has 0 saturated carbocycles. The Morgan fingerprint density at radius 2 is 1.97 bits per heavy atom. The number of carbonyl (C=O) groups is 1. The number of hydrogen-bond donors (Lipinski definition) is 1.